The van der Waals surface area contributed by atoms with Crippen molar-refractivity contribution in [1.29, 1.82) is 0 Å². The van der Waals surface area contributed by atoms with Gasteiger partial charge in [0.1, 0.15) is 5.75 Å². The molecule has 1 rings (SSSR count). The Labute approximate surface area is 92.7 Å². The Morgan fingerprint density at radius 2 is 2.00 bits per heavy atom. The number of rotatable bonds is 3. The Morgan fingerprint density at radius 3 is 2.47 bits per heavy atom. The van der Waals surface area contributed by atoms with Gasteiger partial charge in [-0.05, 0) is 23.5 Å². The van der Waals surface area contributed by atoms with Crippen LogP contribution < -0.4 is 4.74 Å². The molecule has 0 radical (unpaired) electrons. The molecule has 0 bridgehead atoms. The summed E-state index contributed by atoms with van der Waals surface area (Å²) < 4.78 is 5.37. The molecule has 2 heteroatoms. The van der Waals surface area contributed by atoms with E-state index in [1.54, 1.807) is 7.11 Å². The van der Waals surface area contributed by atoms with E-state index >= 15 is 0 Å². The quantitative estimate of drug-likeness (QED) is 0.758. The molecular formula is C13H21NO. The van der Waals surface area contributed by atoms with E-state index in [0.29, 0.717) is 0 Å². The topological polar surface area (TPSA) is 22.1 Å². The lowest BCUT2D eigenvalue weighted by Gasteiger charge is -2.20. The summed E-state index contributed by atoms with van der Waals surface area (Å²) in [5.74, 6) is 0.921. The molecular weight excluding hydrogens is 186 g/mol. The van der Waals surface area contributed by atoms with Gasteiger partial charge in [-0.1, -0.05) is 34.1 Å². The number of hydrogen-bond acceptors (Lipinski definition) is 2. The fourth-order valence-electron chi connectivity index (χ4n) is 1.48. The molecule has 84 valence electrons. The molecule has 0 spiro atoms. The van der Waals surface area contributed by atoms with Crippen molar-refractivity contribution in [3.63, 3.8) is 0 Å². The van der Waals surface area contributed by atoms with Gasteiger partial charge in [-0.25, -0.2) is 0 Å². The Hall–Kier alpha value is -1.05. The maximum atomic E-state index is 5.37. The van der Waals surface area contributed by atoms with Crippen molar-refractivity contribution in [2.24, 2.45) is 0 Å². The molecule has 0 aromatic carbocycles. The molecule has 0 aliphatic rings. The third-order valence-electron chi connectivity index (χ3n) is 2.50. The number of methoxy groups -OCH3 is 1. The molecule has 0 fully saturated rings. The standard InChI is InChI=1S/C13H21NO/c1-6-7-11-12(15-5)8-10(9-14-11)13(2,3)4/h8-9H,6-7H2,1-5H3. The maximum Gasteiger partial charge on any atom is 0.140 e. The highest BCUT2D eigenvalue weighted by molar-refractivity contribution is 5.34. The molecule has 1 aromatic rings. The zero-order valence-corrected chi connectivity index (χ0v) is 10.4. The van der Waals surface area contributed by atoms with Crippen molar-refractivity contribution in [3.05, 3.63) is 23.5 Å². The summed E-state index contributed by atoms with van der Waals surface area (Å²) >= 11 is 0. The van der Waals surface area contributed by atoms with E-state index in [2.05, 4.69) is 38.7 Å². The van der Waals surface area contributed by atoms with Crippen molar-refractivity contribution in [2.45, 2.75) is 46.0 Å². The van der Waals surface area contributed by atoms with Crippen molar-refractivity contribution >= 4 is 0 Å². The fourth-order valence-corrected chi connectivity index (χ4v) is 1.48. The molecule has 0 saturated heterocycles. The highest BCUT2D eigenvalue weighted by Crippen LogP contribution is 2.27. The average Bonchev–Trinajstić information content (AvgIpc) is 2.17. The fraction of sp³-hybridized carbons (Fsp3) is 0.615. The van der Waals surface area contributed by atoms with Crippen molar-refractivity contribution in [2.75, 3.05) is 7.11 Å². The highest BCUT2D eigenvalue weighted by Gasteiger charge is 2.16. The van der Waals surface area contributed by atoms with Crippen LogP contribution in [-0.2, 0) is 11.8 Å². The summed E-state index contributed by atoms with van der Waals surface area (Å²) in [5.41, 5.74) is 2.41. The molecule has 15 heavy (non-hydrogen) atoms. The first-order valence-electron chi connectivity index (χ1n) is 5.52. The Morgan fingerprint density at radius 1 is 1.33 bits per heavy atom. The zero-order valence-electron chi connectivity index (χ0n) is 10.4. The summed E-state index contributed by atoms with van der Waals surface area (Å²) in [7, 11) is 1.71. The summed E-state index contributed by atoms with van der Waals surface area (Å²) in [6.07, 6.45) is 4.04. The van der Waals surface area contributed by atoms with Gasteiger partial charge >= 0.3 is 0 Å². The van der Waals surface area contributed by atoms with E-state index < -0.39 is 0 Å². The smallest absolute Gasteiger partial charge is 0.140 e. The lowest BCUT2D eigenvalue weighted by Crippen LogP contribution is -2.12. The molecule has 0 N–H and O–H groups in total. The SMILES string of the molecule is CCCc1ncc(C(C)(C)C)cc1OC. The maximum absolute atomic E-state index is 5.37. The van der Waals surface area contributed by atoms with Gasteiger partial charge in [0.15, 0.2) is 0 Å². The molecule has 0 aliphatic heterocycles. The molecule has 0 atom stereocenters. The first-order valence-corrected chi connectivity index (χ1v) is 5.52. The van der Waals surface area contributed by atoms with Crippen molar-refractivity contribution in [1.82, 2.24) is 4.98 Å². The first-order chi connectivity index (χ1) is 6.99. The van der Waals surface area contributed by atoms with Crippen LogP contribution in [0.3, 0.4) is 0 Å². The molecule has 0 amide bonds. The normalized spacial score (nSPS) is 11.5. The van der Waals surface area contributed by atoms with Crippen LogP contribution in [0.25, 0.3) is 0 Å². The van der Waals surface area contributed by atoms with Crippen molar-refractivity contribution < 1.29 is 4.74 Å². The highest BCUT2D eigenvalue weighted by atomic mass is 16.5. The number of aromatic nitrogens is 1. The van der Waals surface area contributed by atoms with Gasteiger partial charge in [0.25, 0.3) is 0 Å². The summed E-state index contributed by atoms with van der Waals surface area (Å²) in [6, 6.07) is 2.11. The van der Waals surface area contributed by atoms with E-state index in [4.69, 9.17) is 4.74 Å². The predicted molar refractivity (Wildman–Crippen MR) is 63.5 cm³/mol. The Bertz CT molecular complexity index is 326. The van der Waals surface area contributed by atoms with Gasteiger partial charge in [-0.3, -0.25) is 4.98 Å². The number of aryl methyl sites for hydroxylation is 1. The summed E-state index contributed by atoms with van der Waals surface area (Å²) in [6.45, 7) is 8.70. The molecule has 0 unspecified atom stereocenters. The molecule has 0 aliphatic carbocycles. The lowest BCUT2D eigenvalue weighted by atomic mass is 9.88. The first kappa shape index (κ1) is 12.0. The number of pyridine rings is 1. The Balaban J connectivity index is 3.08. The Kier molecular flexibility index (Phi) is 3.72. The van der Waals surface area contributed by atoms with Gasteiger partial charge in [0, 0.05) is 6.20 Å². The minimum Gasteiger partial charge on any atom is -0.495 e. The van der Waals surface area contributed by atoms with Crippen LogP contribution in [0.4, 0.5) is 0 Å². The zero-order chi connectivity index (χ0) is 11.5. The van der Waals surface area contributed by atoms with Crippen molar-refractivity contribution in [3.8, 4) is 5.75 Å². The van der Waals surface area contributed by atoms with E-state index in [1.165, 1.54) is 5.56 Å². The number of hydrogen-bond donors (Lipinski definition) is 0. The molecule has 2 nitrogen and oxygen atoms in total. The van der Waals surface area contributed by atoms with Crippen LogP contribution in [0.1, 0.15) is 45.4 Å². The third-order valence-corrected chi connectivity index (χ3v) is 2.50. The minimum atomic E-state index is 0.130. The van der Waals surface area contributed by atoms with E-state index in [-0.39, 0.29) is 5.41 Å². The van der Waals surface area contributed by atoms with Gasteiger partial charge in [-0.2, -0.15) is 0 Å². The molecule has 0 saturated carbocycles. The number of ether oxygens (including phenoxy) is 1. The largest absolute Gasteiger partial charge is 0.495 e. The van der Waals surface area contributed by atoms with Crippen LogP contribution in [0.2, 0.25) is 0 Å². The lowest BCUT2D eigenvalue weighted by molar-refractivity contribution is 0.404. The van der Waals surface area contributed by atoms with Crippen LogP contribution in [0.15, 0.2) is 12.3 Å². The van der Waals surface area contributed by atoms with Crippen LogP contribution in [-0.4, -0.2) is 12.1 Å². The van der Waals surface area contributed by atoms with Gasteiger partial charge < -0.3 is 4.74 Å². The minimum absolute atomic E-state index is 0.130. The summed E-state index contributed by atoms with van der Waals surface area (Å²) in [4.78, 5) is 4.48. The second-order valence-electron chi connectivity index (χ2n) is 4.87. The van der Waals surface area contributed by atoms with E-state index in [0.717, 1.165) is 24.3 Å². The average molecular weight is 207 g/mol. The summed E-state index contributed by atoms with van der Waals surface area (Å²) in [5, 5.41) is 0. The second kappa shape index (κ2) is 4.65. The van der Waals surface area contributed by atoms with E-state index in [1.807, 2.05) is 6.20 Å². The van der Waals surface area contributed by atoms with Crippen LogP contribution >= 0.6 is 0 Å². The van der Waals surface area contributed by atoms with Crippen LogP contribution in [0, 0.1) is 0 Å². The van der Waals surface area contributed by atoms with Gasteiger partial charge in [0.05, 0.1) is 12.8 Å². The van der Waals surface area contributed by atoms with Gasteiger partial charge in [-0.15, -0.1) is 0 Å². The monoisotopic (exact) mass is 207 g/mol. The van der Waals surface area contributed by atoms with E-state index in [9.17, 15) is 0 Å². The predicted octanol–water partition coefficient (Wildman–Crippen LogP) is 3.34. The second-order valence-corrected chi connectivity index (χ2v) is 4.87. The number of nitrogens with zero attached hydrogens (tertiary/aromatic N) is 1. The van der Waals surface area contributed by atoms with Gasteiger partial charge in [0.2, 0.25) is 0 Å². The molecule has 1 aromatic heterocycles. The van der Waals surface area contributed by atoms with Crippen LogP contribution in [0.5, 0.6) is 5.75 Å². The molecule has 1 heterocycles. The third kappa shape index (κ3) is 2.95.